The van der Waals surface area contributed by atoms with E-state index in [1.165, 1.54) is 6.07 Å². The largest absolute Gasteiger partial charge is 0.458 e. The molecule has 288 valence electrons. The Morgan fingerprint density at radius 2 is 1.75 bits per heavy atom. The standard InChI is InChI=1S/C45H46FN3O5SSi/c1-8-45(54-56(6,7)44(3,4)5)33-19-37-40-30(21-49(37)41(55)32(33)23-52-42(45)50)39-35(18-17-25-24(2)34(46)20-36(47-40)38(25)39)48-43(51)53-22-31-28-15-11-9-13-26(28)27-14-10-12-16-29(27)31/h9-16,19-20,31,35H,8,17-18,21-23H2,1-7H3,(H,48,51)/t35-,45-/m0/s1. The molecule has 0 bridgehead atoms. The fraction of sp³-hybridized carbons (Fsp3) is 0.378. The minimum absolute atomic E-state index is 0.0506. The number of ether oxygens (including phenoxy) is 2. The van der Waals surface area contributed by atoms with Gasteiger partial charge in [0.25, 0.3) is 0 Å². The first kappa shape index (κ1) is 36.9. The van der Waals surface area contributed by atoms with Crippen LogP contribution in [0.15, 0.2) is 60.7 Å². The number of nitrogens with one attached hydrogen (secondary N) is 1. The van der Waals surface area contributed by atoms with Crippen molar-refractivity contribution in [2.75, 3.05) is 6.61 Å². The minimum Gasteiger partial charge on any atom is -0.458 e. The molecule has 3 aromatic carbocycles. The molecule has 1 N–H and O–H groups in total. The van der Waals surface area contributed by atoms with Gasteiger partial charge in [-0.1, -0.05) is 88.4 Å². The summed E-state index contributed by atoms with van der Waals surface area (Å²) in [6, 6.07) is 19.6. The van der Waals surface area contributed by atoms with Crippen molar-refractivity contribution in [3.8, 4) is 22.5 Å². The van der Waals surface area contributed by atoms with Crippen LogP contribution in [-0.2, 0) is 43.9 Å². The smallest absolute Gasteiger partial charge is 0.407 e. The lowest BCUT2D eigenvalue weighted by molar-refractivity contribution is -0.170. The zero-order chi connectivity index (χ0) is 39.5. The first-order valence-electron chi connectivity index (χ1n) is 19.6. The van der Waals surface area contributed by atoms with Crippen molar-refractivity contribution >= 4 is 43.5 Å². The number of halogens is 1. The maximum atomic E-state index is 15.6. The second-order valence-electron chi connectivity index (χ2n) is 17.2. The molecule has 0 saturated carbocycles. The predicted octanol–water partition coefficient (Wildman–Crippen LogP) is 10.5. The number of hydrogen-bond acceptors (Lipinski definition) is 7. The zero-order valence-corrected chi connectivity index (χ0v) is 34.7. The lowest BCUT2D eigenvalue weighted by atomic mass is 9.81. The number of amides is 1. The van der Waals surface area contributed by atoms with Crippen LogP contribution < -0.4 is 5.32 Å². The number of carbonyl (C=O) groups is 2. The van der Waals surface area contributed by atoms with Crippen molar-refractivity contribution in [3.05, 3.63) is 116 Å². The molecule has 0 unspecified atom stereocenters. The van der Waals surface area contributed by atoms with Crippen LogP contribution in [0.1, 0.15) is 97.0 Å². The van der Waals surface area contributed by atoms with Crippen LogP contribution in [-0.4, -0.2) is 36.5 Å². The number of nitrogens with zero attached hydrogens (tertiary/aromatic N) is 2. The summed E-state index contributed by atoms with van der Waals surface area (Å²) >= 11 is 6.22. The van der Waals surface area contributed by atoms with Gasteiger partial charge in [0.05, 0.1) is 29.5 Å². The van der Waals surface area contributed by atoms with E-state index in [2.05, 4.69) is 63.4 Å². The Bertz CT molecular complexity index is 2550. The summed E-state index contributed by atoms with van der Waals surface area (Å²) < 4.78 is 37.1. The highest BCUT2D eigenvalue weighted by atomic mass is 32.1. The van der Waals surface area contributed by atoms with Crippen molar-refractivity contribution in [2.24, 2.45) is 0 Å². The third kappa shape index (κ3) is 5.37. The number of cyclic esters (lactones) is 1. The van der Waals surface area contributed by atoms with Gasteiger partial charge in [0.1, 0.15) is 23.7 Å². The number of alkyl carbamates (subject to hydrolysis) is 1. The molecular formula is C45H46FN3O5SSi. The summed E-state index contributed by atoms with van der Waals surface area (Å²) in [7, 11) is -2.50. The van der Waals surface area contributed by atoms with Crippen molar-refractivity contribution in [3.63, 3.8) is 0 Å². The summed E-state index contributed by atoms with van der Waals surface area (Å²) in [5, 5.41) is 3.92. The molecular weight excluding hydrogens is 742 g/mol. The highest BCUT2D eigenvalue weighted by Gasteiger charge is 2.53. The minimum atomic E-state index is -2.50. The third-order valence-electron chi connectivity index (χ3n) is 13.2. The first-order valence-corrected chi connectivity index (χ1v) is 22.9. The van der Waals surface area contributed by atoms with E-state index in [0.717, 1.165) is 55.6 Å². The van der Waals surface area contributed by atoms with Crippen LogP contribution in [0, 0.1) is 17.4 Å². The molecule has 11 heteroatoms. The van der Waals surface area contributed by atoms with Gasteiger partial charge in [-0.3, -0.25) is 0 Å². The molecule has 2 aliphatic heterocycles. The van der Waals surface area contributed by atoms with Gasteiger partial charge in [-0.2, -0.15) is 0 Å². The number of pyridine rings is 2. The highest BCUT2D eigenvalue weighted by Crippen LogP contribution is 2.50. The first-order chi connectivity index (χ1) is 26.6. The number of rotatable bonds is 6. The molecule has 0 radical (unpaired) electrons. The van der Waals surface area contributed by atoms with Crippen LogP contribution in [0.5, 0.6) is 0 Å². The molecule has 0 spiro atoms. The van der Waals surface area contributed by atoms with Gasteiger partial charge in [-0.05, 0) is 89.3 Å². The summed E-state index contributed by atoms with van der Waals surface area (Å²) in [5.74, 6) is -0.799. The number of aromatic nitrogens is 2. The van der Waals surface area contributed by atoms with Gasteiger partial charge in [-0.25, -0.2) is 19.0 Å². The number of carbonyl (C=O) groups excluding carboxylic acids is 2. The molecule has 2 aliphatic carbocycles. The summed E-state index contributed by atoms with van der Waals surface area (Å²) in [4.78, 5) is 32.9. The van der Waals surface area contributed by atoms with E-state index in [4.69, 9.17) is 31.1 Å². The molecule has 1 amide bonds. The van der Waals surface area contributed by atoms with E-state index in [9.17, 15) is 9.59 Å². The van der Waals surface area contributed by atoms with E-state index < -0.39 is 32.0 Å². The van der Waals surface area contributed by atoms with Crippen LogP contribution in [0.3, 0.4) is 0 Å². The highest BCUT2D eigenvalue weighted by molar-refractivity contribution is 7.71. The Hall–Kier alpha value is -4.71. The van der Waals surface area contributed by atoms with Gasteiger partial charge in [0.2, 0.25) is 0 Å². The summed E-state index contributed by atoms with van der Waals surface area (Å²) in [6.07, 6.45) is 0.998. The van der Waals surface area contributed by atoms with Crippen LogP contribution >= 0.6 is 12.2 Å². The SMILES string of the molecule is CC[C@@]1(O[Si](C)(C)C(C)(C)C)C(=O)OCc2c1cc1n(c2=S)Cc2c-1nc1cc(F)c(C)c3c1c2[C@@H](NC(=O)OCC1c2ccccc2-c2ccccc21)CC3. The number of benzene rings is 3. The maximum Gasteiger partial charge on any atom is 0.407 e. The van der Waals surface area contributed by atoms with E-state index in [-0.39, 0.29) is 30.0 Å². The lowest BCUT2D eigenvalue weighted by Crippen LogP contribution is -2.54. The Morgan fingerprint density at radius 3 is 2.41 bits per heavy atom. The Labute approximate surface area is 332 Å². The summed E-state index contributed by atoms with van der Waals surface area (Å²) in [6.45, 7) is 15.1. The van der Waals surface area contributed by atoms with E-state index in [1.807, 2.05) is 48.7 Å². The molecule has 8 nitrogen and oxygen atoms in total. The van der Waals surface area contributed by atoms with Crippen LogP contribution in [0.25, 0.3) is 33.4 Å². The number of fused-ring (bicyclic) bond motifs is 8. The number of hydrogen-bond donors (Lipinski definition) is 1. The molecule has 4 aliphatic rings. The molecule has 0 saturated heterocycles. The second kappa shape index (κ2) is 12.9. The van der Waals surface area contributed by atoms with Gasteiger partial charge in [0.15, 0.2) is 13.9 Å². The van der Waals surface area contributed by atoms with Crippen molar-refractivity contribution in [1.29, 1.82) is 0 Å². The number of esters is 1. The average molecular weight is 788 g/mol. The normalized spacial score (nSPS) is 19.5. The molecule has 5 aromatic rings. The van der Waals surface area contributed by atoms with Crippen molar-refractivity contribution < 1.29 is 27.9 Å². The Morgan fingerprint density at radius 1 is 1.07 bits per heavy atom. The lowest BCUT2D eigenvalue weighted by Gasteiger charge is -2.46. The zero-order valence-electron chi connectivity index (χ0n) is 32.9. The Kier molecular flexibility index (Phi) is 8.50. The monoisotopic (exact) mass is 787 g/mol. The molecule has 0 fully saturated rings. The topological polar surface area (TPSA) is 91.7 Å². The van der Waals surface area contributed by atoms with Crippen molar-refractivity contribution in [1.82, 2.24) is 14.9 Å². The van der Waals surface area contributed by atoms with Gasteiger partial charge >= 0.3 is 12.1 Å². The maximum absolute atomic E-state index is 15.6. The molecule has 2 aromatic heterocycles. The fourth-order valence-corrected chi connectivity index (χ4v) is 11.1. The van der Waals surface area contributed by atoms with Gasteiger partial charge < -0.3 is 23.8 Å². The second-order valence-corrected chi connectivity index (χ2v) is 22.3. The van der Waals surface area contributed by atoms with Crippen LogP contribution in [0.2, 0.25) is 18.1 Å². The molecule has 56 heavy (non-hydrogen) atoms. The van der Waals surface area contributed by atoms with E-state index in [0.29, 0.717) is 52.8 Å². The summed E-state index contributed by atoms with van der Waals surface area (Å²) in [5.41, 5.74) is 9.99. The van der Waals surface area contributed by atoms with Gasteiger partial charge in [0, 0.05) is 34.1 Å². The van der Waals surface area contributed by atoms with Crippen LogP contribution in [0.4, 0.5) is 9.18 Å². The Balaban J connectivity index is 1.12. The van der Waals surface area contributed by atoms with E-state index in [1.54, 1.807) is 0 Å². The fourth-order valence-electron chi connectivity index (χ4n) is 9.23. The molecule has 9 rings (SSSR count). The van der Waals surface area contributed by atoms with Gasteiger partial charge in [-0.15, -0.1) is 0 Å². The third-order valence-corrected chi connectivity index (χ3v) is 18.2. The number of aryl methyl sites for hydroxylation is 1. The predicted molar refractivity (Wildman–Crippen MR) is 219 cm³/mol. The quantitative estimate of drug-likeness (QED) is 0.102. The van der Waals surface area contributed by atoms with Crippen molar-refractivity contribution in [2.45, 2.75) is 103 Å². The molecule has 4 heterocycles. The average Bonchev–Trinajstić information content (AvgIpc) is 3.69. The van der Waals surface area contributed by atoms with E-state index >= 15 is 4.39 Å². The molecule has 2 atom stereocenters.